The Morgan fingerprint density at radius 2 is 1.86 bits per heavy atom. The zero-order chi connectivity index (χ0) is 16.3. The van der Waals surface area contributed by atoms with Gasteiger partial charge in [0.25, 0.3) is 0 Å². The molecule has 1 heterocycles. The van der Waals surface area contributed by atoms with Crippen molar-refractivity contribution in [3.63, 3.8) is 0 Å². The second-order valence-corrected chi connectivity index (χ2v) is 6.98. The fraction of sp³-hybridized carbons (Fsp3) is 0.611. The number of benzene rings is 1. The largest absolute Gasteiger partial charge is 0.353 e. The summed E-state index contributed by atoms with van der Waals surface area (Å²) in [5, 5.41) is 3.11. The third kappa shape index (κ3) is 3.67. The van der Waals surface area contributed by atoms with Crippen LogP contribution in [0.2, 0.25) is 0 Å². The number of carbonyl (C=O) groups is 1. The summed E-state index contributed by atoms with van der Waals surface area (Å²) in [7, 11) is 0. The van der Waals surface area contributed by atoms with Gasteiger partial charge in [-0.25, -0.2) is 4.39 Å². The highest BCUT2D eigenvalue weighted by Gasteiger charge is 2.34. The van der Waals surface area contributed by atoms with Crippen molar-refractivity contribution in [3.8, 4) is 0 Å². The summed E-state index contributed by atoms with van der Waals surface area (Å²) in [5.74, 6) is -0.419. The lowest BCUT2D eigenvalue weighted by Crippen LogP contribution is -2.50. The SMILES string of the molecule is CC(C)N1CCC(NC(=O)C(C)(C)c2ccccc2F)CC1. The number of halogens is 1. The van der Waals surface area contributed by atoms with Crippen molar-refractivity contribution in [1.29, 1.82) is 0 Å². The summed E-state index contributed by atoms with van der Waals surface area (Å²) >= 11 is 0. The van der Waals surface area contributed by atoms with Gasteiger partial charge in [-0.15, -0.1) is 0 Å². The smallest absolute Gasteiger partial charge is 0.230 e. The van der Waals surface area contributed by atoms with E-state index in [1.807, 2.05) is 0 Å². The molecule has 1 aliphatic rings. The van der Waals surface area contributed by atoms with Gasteiger partial charge in [-0.2, -0.15) is 0 Å². The van der Waals surface area contributed by atoms with E-state index in [1.54, 1.807) is 32.0 Å². The lowest BCUT2D eigenvalue weighted by Gasteiger charge is -2.36. The van der Waals surface area contributed by atoms with Crippen molar-refractivity contribution in [3.05, 3.63) is 35.6 Å². The summed E-state index contributed by atoms with van der Waals surface area (Å²) in [5.41, 5.74) is -0.410. The highest BCUT2D eigenvalue weighted by Crippen LogP contribution is 2.26. The van der Waals surface area contributed by atoms with Gasteiger partial charge in [-0.1, -0.05) is 18.2 Å². The average molecular weight is 306 g/mol. The van der Waals surface area contributed by atoms with E-state index in [-0.39, 0.29) is 17.8 Å². The van der Waals surface area contributed by atoms with Crippen LogP contribution in [0.3, 0.4) is 0 Å². The Bertz CT molecular complexity index is 520. The molecule has 1 aromatic carbocycles. The molecule has 3 nitrogen and oxygen atoms in total. The Labute approximate surface area is 132 Å². The molecular formula is C18H27FN2O. The zero-order valence-corrected chi connectivity index (χ0v) is 14.0. The maximum absolute atomic E-state index is 14.0. The van der Waals surface area contributed by atoms with E-state index in [9.17, 15) is 9.18 Å². The molecule has 0 unspecified atom stereocenters. The highest BCUT2D eigenvalue weighted by molar-refractivity contribution is 5.87. The molecule has 0 atom stereocenters. The average Bonchev–Trinajstić information content (AvgIpc) is 2.48. The summed E-state index contributed by atoms with van der Waals surface area (Å²) in [6, 6.07) is 7.25. The van der Waals surface area contributed by atoms with Gasteiger partial charge in [0, 0.05) is 30.7 Å². The van der Waals surface area contributed by atoms with Crippen molar-refractivity contribution >= 4 is 5.91 Å². The topological polar surface area (TPSA) is 32.3 Å². The number of nitrogens with one attached hydrogen (secondary N) is 1. The molecule has 122 valence electrons. The number of rotatable bonds is 4. The third-order valence-corrected chi connectivity index (χ3v) is 4.71. The summed E-state index contributed by atoms with van der Waals surface area (Å²) in [6.07, 6.45) is 1.91. The predicted octanol–water partition coefficient (Wildman–Crippen LogP) is 3.09. The second-order valence-electron chi connectivity index (χ2n) is 6.98. The maximum Gasteiger partial charge on any atom is 0.230 e. The first kappa shape index (κ1) is 16.9. The van der Waals surface area contributed by atoms with Crippen LogP contribution in [0.25, 0.3) is 0 Å². The van der Waals surface area contributed by atoms with Gasteiger partial charge in [-0.05, 0) is 46.6 Å². The van der Waals surface area contributed by atoms with Gasteiger partial charge in [0.15, 0.2) is 0 Å². The molecule has 0 spiro atoms. The van der Waals surface area contributed by atoms with E-state index in [2.05, 4.69) is 24.1 Å². The molecule has 22 heavy (non-hydrogen) atoms. The Morgan fingerprint density at radius 1 is 1.27 bits per heavy atom. The Kier molecular flexibility index (Phi) is 5.22. The first-order chi connectivity index (χ1) is 10.3. The minimum absolute atomic E-state index is 0.0967. The molecule has 2 rings (SSSR count). The van der Waals surface area contributed by atoms with E-state index in [4.69, 9.17) is 0 Å². The van der Waals surface area contributed by atoms with E-state index < -0.39 is 5.41 Å². The highest BCUT2D eigenvalue weighted by atomic mass is 19.1. The number of hydrogen-bond donors (Lipinski definition) is 1. The van der Waals surface area contributed by atoms with Crippen molar-refractivity contribution in [1.82, 2.24) is 10.2 Å². The maximum atomic E-state index is 14.0. The number of nitrogens with zero attached hydrogens (tertiary/aromatic N) is 1. The monoisotopic (exact) mass is 306 g/mol. The molecule has 0 aliphatic carbocycles. The fourth-order valence-corrected chi connectivity index (χ4v) is 3.02. The van der Waals surface area contributed by atoms with Crippen molar-refractivity contribution < 1.29 is 9.18 Å². The first-order valence-electron chi connectivity index (χ1n) is 8.12. The van der Waals surface area contributed by atoms with Crippen molar-refractivity contribution in [2.75, 3.05) is 13.1 Å². The normalized spacial score (nSPS) is 17.7. The molecule has 0 radical (unpaired) electrons. The Morgan fingerprint density at radius 3 is 2.41 bits per heavy atom. The van der Waals surface area contributed by atoms with E-state index in [0.717, 1.165) is 25.9 Å². The van der Waals surface area contributed by atoms with Gasteiger partial charge in [0.05, 0.1) is 5.41 Å². The molecule has 1 N–H and O–H groups in total. The molecule has 1 amide bonds. The Balaban J connectivity index is 1.99. The van der Waals surface area contributed by atoms with Crippen LogP contribution in [0.5, 0.6) is 0 Å². The van der Waals surface area contributed by atoms with Crippen LogP contribution in [0.1, 0.15) is 46.1 Å². The van der Waals surface area contributed by atoms with E-state index in [0.29, 0.717) is 11.6 Å². The van der Waals surface area contributed by atoms with Crippen LogP contribution < -0.4 is 5.32 Å². The quantitative estimate of drug-likeness (QED) is 0.927. The lowest BCUT2D eigenvalue weighted by molar-refractivity contribution is -0.126. The number of amides is 1. The molecule has 4 heteroatoms. The van der Waals surface area contributed by atoms with Gasteiger partial charge in [0.2, 0.25) is 5.91 Å². The van der Waals surface area contributed by atoms with Crippen LogP contribution in [0.4, 0.5) is 4.39 Å². The third-order valence-electron chi connectivity index (χ3n) is 4.71. The van der Waals surface area contributed by atoms with Gasteiger partial charge < -0.3 is 10.2 Å². The van der Waals surface area contributed by atoms with Crippen LogP contribution in [-0.2, 0) is 10.2 Å². The minimum atomic E-state index is -0.861. The Hall–Kier alpha value is -1.42. The molecule has 0 aromatic heterocycles. The van der Waals surface area contributed by atoms with Crippen LogP contribution in [0, 0.1) is 5.82 Å². The molecular weight excluding hydrogens is 279 g/mol. The van der Waals surface area contributed by atoms with E-state index in [1.165, 1.54) is 6.07 Å². The standard InChI is InChI=1S/C18H27FN2O/c1-13(2)21-11-9-14(10-12-21)20-17(22)18(3,4)15-7-5-6-8-16(15)19/h5-8,13-14H,9-12H2,1-4H3,(H,20,22). The van der Waals surface area contributed by atoms with Crippen LogP contribution >= 0.6 is 0 Å². The predicted molar refractivity (Wildman–Crippen MR) is 87.3 cm³/mol. The summed E-state index contributed by atoms with van der Waals surface area (Å²) < 4.78 is 14.0. The number of carbonyl (C=O) groups excluding carboxylic acids is 1. The van der Waals surface area contributed by atoms with Crippen LogP contribution in [-0.4, -0.2) is 36.0 Å². The second kappa shape index (κ2) is 6.78. The van der Waals surface area contributed by atoms with Gasteiger partial charge >= 0.3 is 0 Å². The molecule has 1 aromatic rings. The molecule has 0 bridgehead atoms. The summed E-state index contributed by atoms with van der Waals surface area (Å²) in [6.45, 7) is 9.96. The number of piperidine rings is 1. The molecule has 0 saturated carbocycles. The molecule has 1 aliphatic heterocycles. The summed E-state index contributed by atoms with van der Waals surface area (Å²) in [4.78, 5) is 15.0. The van der Waals surface area contributed by atoms with Crippen LogP contribution in [0.15, 0.2) is 24.3 Å². The minimum Gasteiger partial charge on any atom is -0.353 e. The van der Waals surface area contributed by atoms with Crippen molar-refractivity contribution in [2.45, 2.75) is 58.0 Å². The van der Waals surface area contributed by atoms with Gasteiger partial charge in [-0.3, -0.25) is 4.79 Å². The first-order valence-corrected chi connectivity index (χ1v) is 8.12. The van der Waals surface area contributed by atoms with E-state index >= 15 is 0 Å². The zero-order valence-electron chi connectivity index (χ0n) is 14.0. The van der Waals surface area contributed by atoms with Crippen molar-refractivity contribution in [2.24, 2.45) is 0 Å². The number of likely N-dealkylation sites (tertiary alicyclic amines) is 1. The van der Waals surface area contributed by atoms with Gasteiger partial charge in [0.1, 0.15) is 5.82 Å². The molecule has 1 saturated heterocycles. The molecule has 1 fully saturated rings. The lowest BCUT2D eigenvalue weighted by atomic mass is 9.83. The number of hydrogen-bond acceptors (Lipinski definition) is 2. The fourth-order valence-electron chi connectivity index (χ4n) is 3.02.